The van der Waals surface area contributed by atoms with Crippen molar-refractivity contribution in [1.29, 1.82) is 0 Å². The van der Waals surface area contributed by atoms with Crippen LogP contribution in [-0.2, 0) is 0 Å². The van der Waals surface area contributed by atoms with E-state index in [1.807, 2.05) is 48.5 Å². The summed E-state index contributed by atoms with van der Waals surface area (Å²) in [6, 6.07) is 15.5. The van der Waals surface area contributed by atoms with Gasteiger partial charge < -0.3 is 4.74 Å². The molecule has 0 saturated heterocycles. The Labute approximate surface area is 142 Å². The minimum Gasteiger partial charge on any atom is -0.493 e. The first-order chi connectivity index (χ1) is 11.7. The average molecular weight is 319 g/mol. The molecule has 0 spiro atoms. The van der Waals surface area contributed by atoms with Gasteiger partial charge >= 0.3 is 0 Å². The monoisotopic (exact) mass is 319 g/mol. The Kier molecular flexibility index (Phi) is 5.16. The molecule has 0 radical (unpaired) electrons. The molecule has 0 amide bonds. The largest absolute Gasteiger partial charge is 0.493 e. The van der Waals surface area contributed by atoms with Gasteiger partial charge in [0.1, 0.15) is 5.75 Å². The lowest BCUT2D eigenvalue weighted by Crippen LogP contribution is -2.02. The van der Waals surface area contributed by atoms with Gasteiger partial charge in [-0.25, -0.2) is 4.98 Å². The molecule has 3 rings (SSSR count). The van der Waals surface area contributed by atoms with Gasteiger partial charge in [-0.3, -0.25) is 9.97 Å². The van der Waals surface area contributed by atoms with Crippen molar-refractivity contribution in [3.05, 3.63) is 60.9 Å². The van der Waals surface area contributed by atoms with Gasteiger partial charge in [0, 0.05) is 24.5 Å². The van der Waals surface area contributed by atoms with E-state index < -0.39 is 0 Å². The van der Waals surface area contributed by atoms with E-state index in [4.69, 9.17) is 9.72 Å². The number of hydrogen-bond acceptors (Lipinski definition) is 4. The highest BCUT2D eigenvalue weighted by molar-refractivity contribution is 5.64. The molecule has 3 heterocycles. The van der Waals surface area contributed by atoms with Gasteiger partial charge in [-0.15, -0.1) is 0 Å². The Balaban J connectivity index is 1.96. The highest BCUT2D eigenvalue weighted by Crippen LogP contribution is 2.26. The summed E-state index contributed by atoms with van der Waals surface area (Å²) in [6.07, 6.45) is 4.55. The van der Waals surface area contributed by atoms with E-state index in [0.29, 0.717) is 12.5 Å². The quantitative estimate of drug-likeness (QED) is 0.664. The first-order valence-corrected chi connectivity index (χ1v) is 8.20. The lowest BCUT2D eigenvalue weighted by molar-refractivity contribution is 0.289. The number of rotatable bonds is 6. The molecule has 4 heteroatoms. The van der Waals surface area contributed by atoms with Crippen LogP contribution in [0.25, 0.3) is 22.8 Å². The second-order valence-electron chi connectivity index (χ2n) is 6.03. The first-order valence-electron chi connectivity index (χ1n) is 8.20. The fraction of sp³-hybridized carbons (Fsp3) is 0.250. The van der Waals surface area contributed by atoms with Crippen LogP contribution in [0, 0.1) is 5.92 Å². The summed E-state index contributed by atoms with van der Waals surface area (Å²) in [7, 11) is 0. The molecule has 0 aliphatic rings. The zero-order valence-electron chi connectivity index (χ0n) is 14.0. The lowest BCUT2D eigenvalue weighted by atomic mass is 10.1. The first kappa shape index (κ1) is 16.1. The molecule has 0 unspecified atom stereocenters. The molecule has 0 fully saturated rings. The number of ether oxygens (including phenoxy) is 1. The van der Waals surface area contributed by atoms with E-state index in [-0.39, 0.29) is 0 Å². The third kappa shape index (κ3) is 4.16. The Bertz CT molecular complexity index is 716. The maximum atomic E-state index is 5.95. The van der Waals surface area contributed by atoms with E-state index in [2.05, 4.69) is 23.8 Å². The summed E-state index contributed by atoms with van der Waals surface area (Å²) >= 11 is 0. The predicted octanol–water partition coefficient (Wildman–Crippen LogP) is 4.63. The summed E-state index contributed by atoms with van der Waals surface area (Å²) < 4.78 is 5.95. The summed E-state index contributed by atoms with van der Waals surface area (Å²) in [5, 5.41) is 0. The third-order valence-electron chi connectivity index (χ3n) is 3.62. The van der Waals surface area contributed by atoms with E-state index in [1.165, 1.54) is 0 Å². The Morgan fingerprint density at radius 1 is 0.833 bits per heavy atom. The predicted molar refractivity (Wildman–Crippen MR) is 95.6 cm³/mol. The van der Waals surface area contributed by atoms with Crippen LogP contribution in [0.15, 0.2) is 60.9 Å². The number of nitrogens with zero attached hydrogens (tertiary/aromatic N) is 3. The summed E-state index contributed by atoms with van der Waals surface area (Å²) in [4.78, 5) is 13.5. The van der Waals surface area contributed by atoms with E-state index >= 15 is 0 Å². The van der Waals surface area contributed by atoms with Gasteiger partial charge in [-0.1, -0.05) is 26.0 Å². The van der Waals surface area contributed by atoms with Gasteiger partial charge in [0.25, 0.3) is 0 Å². The molecular weight excluding hydrogens is 298 g/mol. The topological polar surface area (TPSA) is 47.9 Å². The molecule has 0 aliphatic heterocycles. The minimum absolute atomic E-state index is 0.609. The minimum atomic E-state index is 0.609. The maximum Gasteiger partial charge on any atom is 0.123 e. The second-order valence-corrected chi connectivity index (χ2v) is 6.03. The van der Waals surface area contributed by atoms with Gasteiger partial charge in [0.05, 0.1) is 29.4 Å². The van der Waals surface area contributed by atoms with Crippen molar-refractivity contribution in [3.8, 4) is 28.5 Å². The van der Waals surface area contributed by atoms with Crippen molar-refractivity contribution in [1.82, 2.24) is 15.0 Å². The molecule has 0 saturated carbocycles. The molecular formula is C20H21N3O. The number of aromatic nitrogens is 3. The average Bonchev–Trinajstić information content (AvgIpc) is 2.63. The molecule has 0 aromatic carbocycles. The fourth-order valence-corrected chi connectivity index (χ4v) is 2.29. The zero-order valence-corrected chi connectivity index (χ0v) is 14.0. The maximum absolute atomic E-state index is 5.95. The van der Waals surface area contributed by atoms with Gasteiger partial charge in [0.15, 0.2) is 0 Å². The van der Waals surface area contributed by atoms with Crippen LogP contribution >= 0.6 is 0 Å². The fourth-order valence-electron chi connectivity index (χ4n) is 2.29. The lowest BCUT2D eigenvalue weighted by Gasteiger charge is -2.11. The van der Waals surface area contributed by atoms with Crippen LogP contribution in [0.3, 0.4) is 0 Å². The van der Waals surface area contributed by atoms with Gasteiger partial charge in [0.2, 0.25) is 0 Å². The third-order valence-corrected chi connectivity index (χ3v) is 3.62. The Hall–Kier alpha value is -2.75. The van der Waals surface area contributed by atoms with Gasteiger partial charge in [-0.05, 0) is 36.6 Å². The summed E-state index contributed by atoms with van der Waals surface area (Å²) in [5.41, 5.74) is 3.23. The second kappa shape index (κ2) is 7.68. The van der Waals surface area contributed by atoms with Crippen LogP contribution in [0.4, 0.5) is 0 Å². The molecule has 122 valence electrons. The van der Waals surface area contributed by atoms with Crippen LogP contribution in [0.2, 0.25) is 0 Å². The molecule has 24 heavy (non-hydrogen) atoms. The highest BCUT2D eigenvalue weighted by Gasteiger charge is 2.09. The molecule has 3 aromatic rings. The van der Waals surface area contributed by atoms with Crippen LogP contribution in [0.5, 0.6) is 5.75 Å². The van der Waals surface area contributed by atoms with Gasteiger partial charge in [-0.2, -0.15) is 0 Å². The smallest absolute Gasteiger partial charge is 0.123 e. The van der Waals surface area contributed by atoms with Crippen molar-refractivity contribution >= 4 is 0 Å². The van der Waals surface area contributed by atoms with E-state index in [0.717, 1.165) is 34.9 Å². The molecule has 0 bridgehead atoms. The van der Waals surface area contributed by atoms with Crippen molar-refractivity contribution in [2.45, 2.75) is 20.3 Å². The number of hydrogen-bond donors (Lipinski definition) is 0. The zero-order chi connectivity index (χ0) is 16.8. The molecule has 3 aromatic heterocycles. The Morgan fingerprint density at radius 2 is 1.42 bits per heavy atom. The summed E-state index contributed by atoms with van der Waals surface area (Å²) in [5.74, 6) is 1.41. The van der Waals surface area contributed by atoms with Crippen molar-refractivity contribution in [3.63, 3.8) is 0 Å². The van der Waals surface area contributed by atoms with Crippen molar-refractivity contribution in [2.24, 2.45) is 5.92 Å². The standard InChI is InChI=1S/C20H21N3O/c1-15(2)9-12-24-16-13-19(17-7-3-5-10-21-17)23-20(14-16)18-8-4-6-11-22-18/h3-8,10-11,13-15H,9,12H2,1-2H3. The van der Waals surface area contributed by atoms with Crippen LogP contribution < -0.4 is 4.74 Å². The van der Waals surface area contributed by atoms with E-state index in [1.54, 1.807) is 12.4 Å². The normalized spacial score (nSPS) is 10.8. The molecule has 0 aliphatic carbocycles. The van der Waals surface area contributed by atoms with Crippen molar-refractivity contribution in [2.75, 3.05) is 6.61 Å². The molecule has 0 atom stereocenters. The summed E-state index contributed by atoms with van der Waals surface area (Å²) in [6.45, 7) is 5.06. The van der Waals surface area contributed by atoms with Crippen LogP contribution in [-0.4, -0.2) is 21.6 Å². The number of pyridine rings is 3. The van der Waals surface area contributed by atoms with Crippen molar-refractivity contribution < 1.29 is 4.74 Å². The highest BCUT2D eigenvalue weighted by atomic mass is 16.5. The van der Waals surface area contributed by atoms with Crippen LogP contribution in [0.1, 0.15) is 20.3 Å². The Morgan fingerprint density at radius 3 is 1.88 bits per heavy atom. The molecule has 0 N–H and O–H groups in total. The SMILES string of the molecule is CC(C)CCOc1cc(-c2ccccn2)nc(-c2ccccn2)c1. The molecule has 4 nitrogen and oxygen atoms in total. The van der Waals surface area contributed by atoms with E-state index in [9.17, 15) is 0 Å².